The molecule has 0 saturated heterocycles. The van der Waals surface area contributed by atoms with Crippen LogP contribution in [0.15, 0.2) is 68.8 Å². The summed E-state index contributed by atoms with van der Waals surface area (Å²) in [6, 6.07) is 15.3. The third kappa shape index (κ3) is 3.21. The summed E-state index contributed by atoms with van der Waals surface area (Å²) in [4.78, 5) is 28.6. The molecular formula is C20H18O2S2. The van der Waals surface area contributed by atoms with Crippen LogP contribution in [0.2, 0.25) is 0 Å². The number of hydrogen-bond donors (Lipinski definition) is 0. The molecule has 0 heterocycles. The number of carbonyl (C=O) groups is 2. The van der Waals surface area contributed by atoms with Crippen molar-refractivity contribution in [1.82, 2.24) is 0 Å². The maximum Gasteiger partial charge on any atom is 0.200 e. The SMILES string of the molecule is CCCC1=C(Sc2ccccc2)C(=O)c2ccc(SC)cc2C1=O. The van der Waals surface area contributed by atoms with Gasteiger partial charge in [-0.2, -0.15) is 0 Å². The van der Waals surface area contributed by atoms with Crippen molar-refractivity contribution in [3.8, 4) is 0 Å². The molecule has 122 valence electrons. The molecule has 3 rings (SSSR count). The summed E-state index contributed by atoms with van der Waals surface area (Å²) >= 11 is 2.98. The summed E-state index contributed by atoms with van der Waals surface area (Å²) in [7, 11) is 0. The summed E-state index contributed by atoms with van der Waals surface area (Å²) in [5, 5.41) is 0. The zero-order valence-electron chi connectivity index (χ0n) is 13.7. The molecule has 0 spiro atoms. The van der Waals surface area contributed by atoms with Crippen molar-refractivity contribution < 1.29 is 9.59 Å². The lowest BCUT2D eigenvalue weighted by molar-refractivity contribution is 0.0978. The van der Waals surface area contributed by atoms with E-state index in [0.717, 1.165) is 16.2 Å². The van der Waals surface area contributed by atoms with Crippen LogP contribution in [0.1, 0.15) is 40.5 Å². The largest absolute Gasteiger partial charge is 0.289 e. The Bertz CT molecular complexity index is 823. The normalized spacial score (nSPS) is 14.1. The van der Waals surface area contributed by atoms with Gasteiger partial charge in [-0.3, -0.25) is 9.59 Å². The molecule has 2 aromatic rings. The average Bonchev–Trinajstić information content (AvgIpc) is 2.63. The first-order valence-corrected chi connectivity index (χ1v) is 9.93. The molecule has 24 heavy (non-hydrogen) atoms. The molecule has 0 radical (unpaired) electrons. The standard InChI is InChI=1S/C20H18O2S2/c1-3-7-16-18(21)17-12-14(23-2)10-11-15(17)19(22)20(16)24-13-8-5-4-6-9-13/h4-6,8-12H,3,7H2,1-2H3. The van der Waals surface area contributed by atoms with E-state index >= 15 is 0 Å². The van der Waals surface area contributed by atoms with Gasteiger partial charge in [0.1, 0.15) is 0 Å². The van der Waals surface area contributed by atoms with Crippen molar-refractivity contribution in [2.75, 3.05) is 6.26 Å². The van der Waals surface area contributed by atoms with E-state index in [1.165, 1.54) is 11.8 Å². The number of Topliss-reactive ketones (excluding diaryl/α,β-unsaturated/α-hetero) is 2. The van der Waals surface area contributed by atoms with Crippen LogP contribution < -0.4 is 0 Å². The highest BCUT2D eigenvalue weighted by molar-refractivity contribution is 8.04. The Morgan fingerprint density at radius 3 is 2.29 bits per heavy atom. The average molecular weight is 354 g/mol. The predicted molar refractivity (Wildman–Crippen MR) is 101 cm³/mol. The zero-order valence-corrected chi connectivity index (χ0v) is 15.3. The number of benzene rings is 2. The van der Waals surface area contributed by atoms with E-state index in [4.69, 9.17) is 0 Å². The van der Waals surface area contributed by atoms with Gasteiger partial charge >= 0.3 is 0 Å². The lowest BCUT2D eigenvalue weighted by Gasteiger charge is -2.21. The Labute approximate surface area is 150 Å². The molecule has 0 amide bonds. The summed E-state index contributed by atoms with van der Waals surface area (Å²) in [6.45, 7) is 2.03. The Morgan fingerprint density at radius 1 is 0.875 bits per heavy atom. The fourth-order valence-electron chi connectivity index (χ4n) is 2.75. The van der Waals surface area contributed by atoms with Gasteiger partial charge in [-0.1, -0.05) is 43.3 Å². The molecule has 0 aromatic heterocycles. The molecule has 0 atom stereocenters. The third-order valence-electron chi connectivity index (χ3n) is 3.93. The van der Waals surface area contributed by atoms with Crippen LogP contribution >= 0.6 is 23.5 Å². The minimum absolute atomic E-state index is 0.000723. The number of rotatable bonds is 5. The van der Waals surface area contributed by atoms with Crippen molar-refractivity contribution in [1.29, 1.82) is 0 Å². The lowest BCUT2D eigenvalue weighted by Crippen LogP contribution is -2.21. The van der Waals surface area contributed by atoms with Gasteiger partial charge < -0.3 is 0 Å². The summed E-state index contributed by atoms with van der Waals surface area (Å²) in [5.74, 6) is -0.0321. The molecule has 0 fully saturated rings. The number of fused-ring (bicyclic) bond motifs is 1. The van der Waals surface area contributed by atoms with Crippen LogP contribution in [0.3, 0.4) is 0 Å². The smallest absolute Gasteiger partial charge is 0.200 e. The number of allylic oxidation sites excluding steroid dienone is 2. The van der Waals surface area contributed by atoms with E-state index in [2.05, 4.69) is 0 Å². The third-order valence-corrected chi connectivity index (χ3v) is 5.80. The molecule has 0 aliphatic heterocycles. The topological polar surface area (TPSA) is 34.1 Å². The molecule has 0 bridgehead atoms. The van der Waals surface area contributed by atoms with Gasteiger partial charge in [0.15, 0.2) is 5.78 Å². The molecular weight excluding hydrogens is 336 g/mol. The van der Waals surface area contributed by atoms with Gasteiger partial charge in [0.05, 0.1) is 4.91 Å². The maximum absolute atomic E-state index is 13.0. The fraction of sp³-hybridized carbons (Fsp3) is 0.200. The van der Waals surface area contributed by atoms with Gasteiger partial charge in [0, 0.05) is 26.5 Å². The molecule has 1 aliphatic carbocycles. The molecule has 1 aliphatic rings. The quantitative estimate of drug-likeness (QED) is 0.651. The van der Waals surface area contributed by atoms with Crippen LogP contribution in [0, 0.1) is 0 Å². The van der Waals surface area contributed by atoms with Crippen LogP contribution in [0.25, 0.3) is 0 Å². The van der Waals surface area contributed by atoms with Gasteiger partial charge in [-0.25, -0.2) is 0 Å². The van der Waals surface area contributed by atoms with Crippen molar-refractivity contribution in [3.05, 3.63) is 70.1 Å². The summed E-state index contributed by atoms with van der Waals surface area (Å²) in [5.41, 5.74) is 1.73. The van der Waals surface area contributed by atoms with Crippen LogP contribution in [0.5, 0.6) is 0 Å². The summed E-state index contributed by atoms with van der Waals surface area (Å²) in [6.07, 6.45) is 3.43. The van der Waals surface area contributed by atoms with Crippen LogP contribution in [-0.4, -0.2) is 17.8 Å². The van der Waals surface area contributed by atoms with Gasteiger partial charge in [0.2, 0.25) is 5.78 Å². The number of carbonyl (C=O) groups excluding carboxylic acids is 2. The lowest BCUT2D eigenvalue weighted by atomic mass is 9.87. The molecule has 0 saturated carbocycles. The first kappa shape index (κ1) is 17.1. The highest BCUT2D eigenvalue weighted by Crippen LogP contribution is 2.39. The molecule has 0 unspecified atom stereocenters. The molecule has 0 N–H and O–H groups in total. The van der Waals surface area contributed by atoms with E-state index in [-0.39, 0.29) is 11.6 Å². The Balaban J connectivity index is 2.09. The number of hydrogen-bond acceptors (Lipinski definition) is 4. The van der Waals surface area contributed by atoms with Gasteiger partial charge in [-0.05, 0) is 43.0 Å². The second kappa shape index (κ2) is 7.41. The van der Waals surface area contributed by atoms with Crippen molar-refractivity contribution in [2.24, 2.45) is 0 Å². The zero-order chi connectivity index (χ0) is 17.1. The second-order valence-electron chi connectivity index (χ2n) is 5.54. The Kier molecular flexibility index (Phi) is 5.27. The molecule has 4 heteroatoms. The van der Waals surface area contributed by atoms with E-state index in [1.807, 2.05) is 55.6 Å². The van der Waals surface area contributed by atoms with E-state index < -0.39 is 0 Å². The predicted octanol–water partition coefficient (Wildman–Crippen LogP) is 5.63. The number of ketones is 2. The highest BCUT2D eigenvalue weighted by atomic mass is 32.2. The number of thioether (sulfide) groups is 2. The first-order valence-electron chi connectivity index (χ1n) is 7.89. The first-order chi connectivity index (χ1) is 11.7. The van der Waals surface area contributed by atoms with Gasteiger partial charge in [-0.15, -0.1) is 11.8 Å². The molecule has 2 nitrogen and oxygen atoms in total. The van der Waals surface area contributed by atoms with Crippen molar-refractivity contribution in [2.45, 2.75) is 29.6 Å². The van der Waals surface area contributed by atoms with Crippen molar-refractivity contribution in [3.63, 3.8) is 0 Å². The second-order valence-corrected chi connectivity index (χ2v) is 7.51. The fourth-order valence-corrected chi connectivity index (χ4v) is 4.24. The minimum atomic E-state index is -0.0328. The van der Waals surface area contributed by atoms with E-state index in [9.17, 15) is 9.59 Å². The monoisotopic (exact) mass is 354 g/mol. The van der Waals surface area contributed by atoms with E-state index in [1.54, 1.807) is 17.8 Å². The summed E-state index contributed by atoms with van der Waals surface area (Å²) < 4.78 is 0. The maximum atomic E-state index is 13.0. The van der Waals surface area contributed by atoms with Crippen molar-refractivity contribution >= 4 is 35.1 Å². The van der Waals surface area contributed by atoms with Crippen LogP contribution in [0.4, 0.5) is 0 Å². The molecule has 2 aromatic carbocycles. The Hall–Kier alpha value is -1.78. The van der Waals surface area contributed by atoms with E-state index in [0.29, 0.717) is 28.0 Å². The minimum Gasteiger partial charge on any atom is -0.289 e. The highest BCUT2D eigenvalue weighted by Gasteiger charge is 2.32. The van der Waals surface area contributed by atoms with Gasteiger partial charge in [0.25, 0.3) is 0 Å². The Morgan fingerprint density at radius 2 is 1.62 bits per heavy atom. The van der Waals surface area contributed by atoms with Crippen LogP contribution in [-0.2, 0) is 0 Å².